The van der Waals surface area contributed by atoms with E-state index in [1.54, 1.807) is 12.1 Å². The van der Waals surface area contributed by atoms with E-state index in [0.29, 0.717) is 16.9 Å². The lowest BCUT2D eigenvalue weighted by Gasteiger charge is -2.20. The van der Waals surface area contributed by atoms with E-state index in [1.807, 2.05) is 0 Å². The SMILES string of the molecule is CCNC1CCC(S(=O)c2ccc([N+](=O)[O-])cc2)C1C. The van der Waals surface area contributed by atoms with Crippen LogP contribution in [0.4, 0.5) is 5.69 Å². The van der Waals surface area contributed by atoms with Crippen LogP contribution in [0.2, 0.25) is 0 Å². The fourth-order valence-corrected chi connectivity index (χ4v) is 4.54. The standard InChI is InChI=1S/C14H20N2O3S/c1-3-15-13-8-9-14(10(13)2)20(19)12-6-4-11(5-7-12)16(17)18/h4-7,10,13-15H,3,8-9H2,1-2H3. The monoisotopic (exact) mass is 296 g/mol. The zero-order valence-corrected chi connectivity index (χ0v) is 12.6. The van der Waals surface area contributed by atoms with E-state index in [2.05, 4.69) is 19.2 Å². The summed E-state index contributed by atoms with van der Waals surface area (Å²) in [6, 6.07) is 6.50. The Kier molecular flexibility index (Phi) is 4.88. The summed E-state index contributed by atoms with van der Waals surface area (Å²) >= 11 is 0. The molecule has 1 saturated carbocycles. The van der Waals surface area contributed by atoms with Crippen LogP contribution in [0.5, 0.6) is 0 Å². The highest BCUT2D eigenvalue weighted by Crippen LogP contribution is 2.32. The van der Waals surface area contributed by atoms with Crippen molar-refractivity contribution in [2.45, 2.75) is 42.9 Å². The molecule has 4 unspecified atom stereocenters. The highest BCUT2D eigenvalue weighted by atomic mass is 32.2. The normalized spacial score (nSPS) is 27.4. The van der Waals surface area contributed by atoms with Crippen LogP contribution in [0.15, 0.2) is 29.2 Å². The maximum absolute atomic E-state index is 12.6. The van der Waals surface area contributed by atoms with Gasteiger partial charge < -0.3 is 5.32 Å². The Labute approximate surface area is 121 Å². The van der Waals surface area contributed by atoms with Gasteiger partial charge in [0.25, 0.3) is 5.69 Å². The lowest BCUT2D eigenvalue weighted by molar-refractivity contribution is -0.384. The highest BCUT2D eigenvalue weighted by molar-refractivity contribution is 7.85. The van der Waals surface area contributed by atoms with E-state index in [-0.39, 0.29) is 10.9 Å². The number of non-ortho nitro benzene ring substituents is 1. The van der Waals surface area contributed by atoms with Crippen LogP contribution in [0.25, 0.3) is 0 Å². The van der Waals surface area contributed by atoms with Crippen LogP contribution in [0.1, 0.15) is 26.7 Å². The molecular formula is C14H20N2O3S. The Morgan fingerprint density at radius 3 is 2.55 bits per heavy atom. The molecule has 1 fully saturated rings. The highest BCUT2D eigenvalue weighted by Gasteiger charge is 2.36. The van der Waals surface area contributed by atoms with E-state index < -0.39 is 15.7 Å². The van der Waals surface area contributed by atoms with Gasteiger partial charge in [-0.25, -0.2) is 0 Å². The third-order valence-corrected chi connectivity index (χ3v) is 5.96. The third-order valence-electron chi connectivity index (χ3n) is 4.00. The Balaban J connectivity index is 2.10. The molecule has 0 bridgehead atoms. The van der Waals surface area contributed by atoms with Gasteiger partial charge >= 0.3 is 0 Å². The Bertz CT molecular complexity index is 504. The first-order chi connectivity index (χ1) is 9.54. The van der Waals surface area contributed by atoms with E-state index >= 15 is 0 Å². The molecule has 1 N–H and O–H groups in total. The van der Waals surface area contributed by atoms with Gasteiger partial charge in [-0.15, -0.1) is 0 Å². The predicted octanol–water partition coefficient (Wildman–Crippen LogP) is 2.48. The Morgan fingerprint density at radius 1 is 1.35 bits per heavy atom. The number of nitro benzene ring substituents is 1. The van der Waals surface area contributed by atoms with Gasteiger partial charge in [0.05, 0.1) is 15.7 Å². The average molecular weight is 296 g/mol. The summed E-state index contributed by atoms with van der Waals surface area (Å²) in [5, 5.41) is 14.2. The Hall–Kier alpha value is -1.27. The van der Waals surface area contributed by atoms with Gasteiger partial charge in [-0.1, -0.05) is 13.8 Å². The van der Waals surface area contributed by atoms with Gasteiger partial charge in [0, 0.05) is 28.3 Å². The molecule has 1 aromatic carbocycles. The number of nitrogens with zero attached hydrogens (tertiary/aromatic N) is 1. The number of hydrogen-bond acceptors (Lipinski definition) is 4. The van der Waals surface area contributed by atoms with Gasteiger partial charge in [0.1, 0.15) is 0 Å². The zero-order valence-electron chi connectivity index (χ0n) is 11.7. The summed E-state index contributed by atoms with van der Waals surface area (Å²) < 4.78 is 12.6. The van der Waals surface area contributed by atoms with E-state index in [4.69, 9.17) is 0 Å². The number of rotatable bonds is 5. The maximum atomic E-state index is 12.6. The molecule has 110 valence electrons. The molecule has 6 heteroatoms. The average Bonchev–Trinajstić information content (AvgIpc) is 2.80. The summed E-state index contributed by atoms with van der Waals surface area (Å²) in [6.45, 7) is 5.13. The van der Waals surface area contributed by atoms with E-state index in [0.717, 1.165) is 19.4 Å². The fourth-order valence-electron chi connectivity index (χ4n) is 2.86. The first-order valence-electron chi connectivity index (χ1n) is 6.93. The summed E-state index contributed by atoms with van der Waals surface area (Å²) in [7, 11) is -1.10. The van der Waals surface area contributed by atoms with Crippen molar-refractivity contribution in [3.63, 3.8) is 0 Å². The van der Waals surface area contributed by atoms with Crippen LogP contribution in [0.3, 0.4) is 0 Å². The molecule has 1 aromatic rings. The van der Waals surface area contributed by atoms with Crippen LogP contribution in [-0.4, -0.2) is 27.0 Å². The minimum absolute atomic E-state index is 0.0377. The zero-order chi connectivity index (χ0) is 14.7. The third kappa shape index (κ3) is 3.07. The van der Waals surface area contributed by atoms with Gasteiger partial charge in [-0.3, -0.25) is 14.3 Å². The van der Waals surface area contributed by atoms with Gasteiger partial charge in [-0.2, -0.15) is 0 Å². The van der Waals surface area contributed by atoms with Crippen molar-refractivity contribution in [2.75, 3.05) is 6.54 Å². The molecule has 0 aliphatic heterocycles. The number of hydrogen-bond donors (Lipinski definition) is 1. The van der Waals surface area contributed by atoms with Crippen molar-refractivity contribution in [3.05, 3.63) is 34.4 Å². The van der Waals surface area contributed by atoms with Gasteiger partial charge in [0.15, 0.2) is 0 Å². The topological polar surface area (TPSA) is 72.2 Å². The summed E-state index contributed by atoms with van der Waals surface area (Å²) in [4.78, 5) is 10.9. The van der Waals surface area contributed by atoms with E-state index in [9.17, 15) is 14.3 Å². The van der Waals surface area contributed by atoms with Crippen LogP contribution >= 0.6 is 0 Å². The van der Waals surface area contributed by atoms with Gasteiger partial charge in [0.2, 0.25) is 0 Å². The lowest BCUT2D eigenvalue weighted by Crippen LogP contribution is -2.34. The van der Waals surface area contributed by atoms with Crippen molar-refractivity contribution < 1.29 is 9.13 Å². The molecule has 0 spiro atoms. The first kappa shape index (κ1) is 15.1. The summed E-state index contributed by atoms with van der Waals surface area (Å²) in [6.07, 6.45) is 1.97. The molecular weight excluding hydrogens is 276 g/mol. The van der Waals surface area contributed by atoms with Crippen molar-refractivity contribution in [1.29, 1.82) is 0 Å². The predicted molar refractivity (Wildman–Crippen MR) is 79.2 cm³/mol. The van der Waals surface area contributed by atoms with Crippen LogP contribution in [0, 0.1) is 16.0 Å². The first-order valence-corrected chi connectivity index (χ1v) is 8.14. The van der Waals surface area contributed by atoms with Crippen molar-refractivity contribution in [1.82, 2.24) is 5.32 Å². The molecule has 2 rings (SSSR count). The lowest BCUT2D eigenvalue weighted by atomic mass is 10.1. The second-order valence-corrected chi connectivity index (χ2v) is 6.86. The smallest absolute Gasteiger partial charge is 0.269 e. The molecule has 20 heavy (non-hydrogen) atoms. The molecule has 4 atom stereocenters. The largest absolute Gasteiger partial charge is 0.314 e. The summed E-state index contributed by atoms with van der Waals surface area (Å²) in [5.41, 5.74) is 0.0377. The van der Waals surface area contributed by atoms with Crippen molar-refractivity contribution in [2.24, 2.45) is 5.92 Å². The van der Waals surface area contributed by atoms with Crippen LogP contribution < -0.4 is 5.32 Å². The molecule has 1 aliphatic carbocycles. The van der Waals surface area contributed by atoms with E-state index in [1.165, 1.54) is 12.1 Å². The Morgan fingerprint density at radius 2 is 2.00 bits per heavy atom. The minimum Gasteiger partial charge on any atom is -0.314 e. The molecule has 5 nitrogen and oxygen atoms in total. The quantitative estimate of drug-likeness (QED) is 0.669. The van der Waals surface area contributed by atoms with Crippen molar-refractivity contribution in [3.8, 4) is 0 Å². The van der Waals surface area contributed by atoms with Gasteiger partial charge in [-0.05, 0) is 37.4 Å². The van der Waals surface area contributed by atoms with Crippen LogP contribution in [-0.2, 0) is 10.8 Å². The van der Waals surface area contributed by atoms with Crippen molar-refractivity contribution >= 4 is 16.5 Å². The molecule has 1 aliphatic rings. The minimum atomic E-state index is -1.10. The summed E-state index contributed by atoms with van der Waals surface area (Å²) in [5.74, 6) is 0.353. The molecule has 0 amide bonds. The number of benzene rings is 1. The molecule has 0 radical (unpaired) electrons. The molecule has 0 heterocycles. The maximum Gasteiger partial charge on any atom is 0.269 e. The molecule has 0 aromatic heterocycles. The number of nitro groups is 1. The number of nitrogens with one attached hydrogen (secondary N) is 1. The second-order valence-electron chi connectivity index (χ2n) is 5.19. The molecule has 0 saturated heterocycles. The second kappa shape index (κ2) is 6.45. The fraction of sp³-hybridized carbons (Fsp3) is 0.571.